The number of carbonyl (C=O) groups is 1. The van der Waals surface area contributed by atoms with Crippen LogP contribution in [0.1, 0.15) is 16.2 Å². The predicted molar refractivity (Wildman–Crippen MR) is 105 cm³/mol. The summed E-state index contributed by atoms with van der Waals surface area (Å²) in [4.78, 5) is 20.6. The van der Waals surface area contributed by atoms with Crippen LogP contribution in [0, 0.1) is 0 Å². The summed E-state index contributed by atoms with van der Waals surface area (Å²) < 4.78 is 7.02. The average Bonchev–Trinajstić information content (AvgIpc) is 3.27. The van der Waals surface area contributed by atoms with Crippen LogP contribution in [-0.2, 0) is 13.6 Å². The zero-order valence-corrected chi connectivity index (χ0v) is 16.7. The number of furan rings is 1. The average molecular weight is 458 g/mol. The van der Waals surface area contributed by atoms with Gasteiger partial charge in [0.25, 0.3) is 5.91 Å². The first kappa shape index (κ1) is 19.3. The van der Waals surface area contributed by atoms with Crippen molar-refractivity contribution in [3.63, 3.8) is 0 Å². The number of rotatable bonds is 3. The SMILES string of the molecule is CN=C(NCc1ccnn1C)N1CCN(C(=O)c2ccco2)CC1.I. The van der Waals surface area contributed by atoms with Gasteiger partial charge in [-0.25, -0.2) is 0 Å². The van der Waals surface area contributed by atoms with Crippen molar-refractivity contribution in [1.29, 1.82) is 0 Å². The molecule has 3 rings (SSSR count). The Balaban J connectivity index is 0.00000225. The molecule has 0 unspecified atom stereocenters. The Hall–Kier alpha value is -2.04. The van der Waals surface area contributed by atoms with Gasteiger partial charge in [-0.15, -0.1) is 24.0 Å². The van der Waals surface area contributed by atoms with E-state index in [1.54, 1.807) is 25.4 Å². The number of piperazine rings is 1. The minimum atomic E-state index is -0.0579. The first-order valence-electron chi connectivity index (χ1n) is 7.94. The molecule has 2 aromatic heterocycles. The highest BCUT2D eigenvalue weighted by Gasteiger charge is 2.25. The molecule has 8 nitrogen and oxygen atoms in total. The Kier molecular flexibility index (Phi) is 6.85. The van der Waals surface area contributed by atoms with Crippen LogP contribution in [0.25, 0.3) is 0 Å². The molecule has 1 saturated heterocycles. The van der Waals surface area contributed by atoms with Gasteiger partial charge in [0, 0.05) is 46.5 Å². The normalized spacial score (nSPS) is 15.0. The third kappa shape index (κ3) is 4.53. The number of guanidine groups is 1. The molecular weight excluding hydrogens is 435 g/mol. The van der Waals surface area contributed by atoms with Crippen LogP contribution < -0.4 is 5.32 Å². The molecular formula is C16H23IN6O2. The predicted octanol–water partition coefficient (Wildman–Crippen LogP) is 1.16. The molecule has 9 heteroatoms. The third-order valence-electron chi connectivity index (χ3n) is 4.16. The maximum Gasteiger partial charge on any atom is 0.289 e. The Morgan fingerprint density at radius 3 is 2.56 bits per heavy atom. The Morgan fingerprint density at radius 2 is 2.00 bits per heavy atom. The molecule has 0 bridgehead atoms. The second-order valence-corrected chi connectivity index (χ2v) is 5.60. The van der Waals surface area contributed by atoms with E-state index in [1.165, 1.54) is 6.26 Å². The summed E-state index contributed by atoms with van der Waals surface area (Å²) in [6.07, 6.45) is 3.30. The van der Waals surface area contributed by atoms with Gasteiger partial charge in [-0.1, -0.05) is 0 Å². The van der Waals surface area contributed by atoms with Crippen LogP contribution in [0.4, 0.5) is 0 Å². The molecule has 1 N–H and O–H groups in total. The minimum Gasteiger partial charge on any atom is -0.459 e. The lowest BCUT2D eigenvalue weighted by atomic mass is 10.3. The molecule has 0 aliphatic carbocycles. The van der Waals surface area contributed by atoms with Crippen LogP contribution >= 0.6 is 24.0 Å². The number of aryl methyl sites for hydroxylation is 1. The summed E-state index contributed by atoms with van der Waals surface area (Å²) in [5, 5.41) is 7.50. The Labute approximate surface area is 163 Å². The van der Waals surface area contributed by atoms with E-state index in [1.807, 2.05) is 22.7 Å². The maximum absolute atomic E-state index is 12.3. The number of nitrogens with one attached hydrogen (secondary N) is 1. The summed E-state index contributed by atoms with van der Waals surface area (Å²) in [5.74, 6) is 1.17. The van der Waals surface area contributed by atoms with Gasteiger partial charge in [0.15, 0.2) is 11.7 Å². The van der Waals surface area contributed by atoms with Gasteiger partial charge < -0.3 is 19.5 Å². The van der Waals surface area contributed by atoms with Crippen LogP contribution in [0.15, 0.2) is 40.1 Å². The number of carbonyl (C=O) groups excluding carboxylic acids is 1. The van der Waals surface area contributed by atoms with Crippen molar-refractivity contribution >= 4 is 35.8 Å². The van der Waals surface area contributed by atoms with Crippen LogP contribution in [0.5, 0.6) is 0 Å². The molecule has 0 atom stereocenters. The summed E-state index contributed by atoms with van der Waals surface area (Å²) >= 11 is 0. The molecule has 0 spiro atoms. The van der Waals surface area contributed by atoms with Crippen molar-refractivity contribution in [3.05, 3.63) is 42.1 Å². The van der Waals surface area contributed by atoms with E-state index in [2.05, 4.69) is 20.3 Å². The molecule has 3 heterocycles. The Morgan fingerprint density at radius 1 is 1.28 bits per heavy atom. The molecule has 1 aliphatic heterocycles. The lowest BCUT2D eigenvalue weighted by Crippen LogP contribution is -2.53. The molecule has 2 aromatic rings. The largest absolute Gasteiger partial charge is 0.459 e. The van der Waals surface area contributed by atoms with Crippen LogP contribution in [-0.4, -0.2) is 64.7 Å². The topological polar surface area (TPSA) is 78.9 Å². The first-order chi connectivity index (χ1) is 11.7. The molecule has 0 saturated carbocycles. The zero-order chi connectivity index (χ0) is 16.9. The Bertz CT molecular complexity index is 704. The molecule has 25 heavy (non-hydrogen) atoms. The van der Waals surface area contributed by atoms with Crippen molar-refractivity contribution in [3.8, 4) is 0 Å². The summed E-state index contributed by atoms with van der Waals surface area (Å²) in [6, 6.07) is 5.40. The standard InChI is InChI=1S/C16H22N6O2.HI/c1-17-16(18-12-13-5-6-19-20(13)2)22-9-7-21(8-10-22)15(23)14-4-3-11-24-14;/h3-6,11H,7-10,12H2,1-2H3,(H,17,18);1H. The van der Waals surface area contributed by atoms with Crippen molar-refractivity contribution in [1.82, 2.24) is 24.9 Å². The van der Waals surface area contributed by atoms with Gasteiger partial charge in [0.05, 0.1) is 18.5 Å². The smallest absolute Gasteiger partial charge is 0.289 e. The molecule has 0 aromatic carbocycles. The van der Waals surface area contributed by atoms with E-state index >= 15 is 0 Å². The fraction of sp³-hybridized carbons (Fsp3) is 0.438. The molecule has 1 aliphatic rings. The lowest BCUT2D eigenvalue weighted by molar-refractivity contribution is 0.0657. The van der Waals surface area contributed by atoms with Crippen molar-refractivity contribution in [2.75, 3.05) is 33.2 Å². The number of halogens is 1. The summed E-state index contributed by atoms with van der Waals surface area (Å²) in [6.45, 7) is 3.42. The fourth-order valence-corrected chi connectivity index (χ4v) is 2.75. The minimum absolute atomic E-state index is 0. The van der Waals surface area contributed by atoms with E-state index in [-0.39, 0.29) is 29.9 Å². The number of hydrogen-bond donors (Lipinski definition) is 1. The van der Waals surface area contributed by atoms with Crippen molar-refractivity contribution in [2.45, 2.75) is 6.54 Å². The molecule has 1 fully saturated rings. The number of hydrogen-bond acceptors (Lipinski definition) is 4. The lowest BCUT2D eigenvalue weighted by Gasteiger charge is -2.36. The molecule has 1 amide bonds. The van der Waals surface area contributed by atoms with Gasteiger partial charge in [-0.2, -0.15) is 5.10 Å². The quantitative estimate of drug-likeness (QED) is 0.425. The van der Waals surface area contributed by atoms with Gasteiger partial charge in [-0.05, 0) is 18.2 Å². The van der Waals surface area contributed by atoms with Gasteiger partial charge >= 0.3 is 0 Å². The van der Waals surface area contributed by atoms with E-state index in [4.69, 9.17) is 4.42 Å². The van der Waals surface area contributed by atoms with Gasteiger partial charge in [0.1, 0.15) is 0 Å². The maximum atomic E-state index is 12.3. The molecule has 136 valence electrons. The monoisotopic (exact) mass is 458 g/mol. The second-order valence-electron chi connectivity index (χ2n) is 5.60. The van der Waals surface area contributed by atoms with E-state index < -0.39 is 0 Å². The van der Waals surface area contributed by atoms with E-state index in [0.717, 1.165) is 24.7 Å². The van der Waals surface area contributed by atoms with Gasteiger partial charge in [-0.3, -0.25) is 14.5 Å². The third-order valence-corrected chi connectivity index (χ3v) is 4.16. The van der Waals surface area contributed by atoms with Crippen LogP contribution in [0.3, 0.4) is 0 Å². The van der Waals surface area contributed by atoms with Crippen LogP contribution in [0.2, 0.25) is 0 Å². The van der Waals surface area contributed by atoms with E-state index in [9.17, 15) is 4.79 Å². The summed E-state index contributed by atoms with van der Waals surface area (Å²) in [7, 11) is 3.69. The van der Waals surface area contributed by atoms with Crippen molar-refractivity contribution < 1.29 is 9.21 Å². The van der Waals surface area contributed by atoms with Gasteiger partial charge in [0.2, 0.25) is 0 Å². The number of nitrogens with zero attached hydrogens (tertiary/aromatic N) is 5. The second kappa shape index (κ2) is 8.88. The summed E-state index contributed by atoms with van der Waals surface area (Å²) in [5.41, 5.74) is 1.09. The highest BCUT2D eigenvalue weighted by atomic mass is 127. The fourth-order valence-electron chi connectivity index (χ4n) is 2.75. The van der Waals surface area contributed by atoms with E-state index in [0.29, 0.717) is 25.4 Å². The zero-order valence-electron chi connectivity index (χ0n) is 14.4. The number of aliphatic imine (C=N–C) groups is 1. The first-order valence-corrected chi connectivity index (χ1v) is 7.94. The molecule has 0 radical (unpaired) electrons. The van der Waals surface area contributed by atoms with Crippen molar-refractivity contribution in [2.24, 2.45) is 12.0 Å². The number of amides is 1. The number of aromatic nitrogens is 2. The highest BCUT2D eigenvalue weighted by molar-refractivity contribution is 14.0. The highest BCUT2D eigenvalue weighted by Crippen LogP contribution is 2.09.